The van der Waals surface area contributed by atoms with Gasteiger partial charge in [-0.15, -0.1) is 5.10 Å². The number of ether oxygens (including phenoxy) is 4. The van der Waals surface area contributed by atoms with Gasteiger partial charge in [0.1, 0.15) is 35.3 Å². The topological polar surface area (TPSA) is 111 Å². The zero-order valence-electron chi connectivity index (χ0n) is 19.5. The highest BCUT2D eigenvalue weighted by atomic mass is 16.5. The Morgan fingerprint density at radius 3 is 2.35 bits per heavy atom. The van der Waals surface area contributed by atoms with Gasteiger partial charge in [-0.25, -0.2) is 14.5 Å². The first-order valence-electron chi connectivity index (χ1n) is 10.4. The molecule has 10 heteroatoms. The number of rotatable bonds is 8. The third-order valence-corrected chi connectivity index (χ3v) is 5.28. The van der Waals surface area contributed by atoms with Gasteiger partial charge in [0.15, 0.2) is 5.69 Å². The van der Waals surface area contributed by atoms with Crippen molar-refractivity contribution in [2.24, 2.45) is 0 Å². The van der Waals surface area contributed by atoms with Crippen molar-refractivity contribution in [1.29, 1.82) is 0 Å². The summed E-state index contributed by atoms with van der Waals surface area (Å²) in [6.45, 7) is 3.42. The van der Waals surface area contributed by atoms with Crippen molar-refractivity contribution in [1.82, 2.24) is 20.0 Å². The first-order valence-corrected chi connectivity index (χ1v) is 10.4. The molecule has 0 spiro atoms. The maximum atomic E-state index is 12.7. The third kappa shape index (κ3) is 4.42. The average Bonchev–Trinajstić information content (AvgIpc) is 3.44. The van der Waals surface area contributed by atoms with Crippen molar-refractivity contribution in [2.45, 2.75) is 20.5 Å². The SMILES string of the molecule is COc1ccc(-n2nnc(C(=O)OCc3nc(-c4ccc(OC)cc4OC)oc3C)c2C)cc1. The van der Waals surface area contributed by atoms with Crippen LogP contribution in [0, 0.1) is 13.8 Å². The second-order valence-corrected chi connectivity index (χ2v) is 7.30. The van der Waals surface area contributed by atoms with Crippen LogP contribution in [-0.4, -0.2) is 47.3 Å². The van der Waals surface area contributed by atoms with Crippen molar-refractivity contribution >= 4 is 5.97 Å². The fourth-order valence-electron chi connectivity index (χ4n) is 3.34. The van der Waals surface area contributed by atoms with E-state index >= 15 is 0 Å². The Labute approximate surface area is 196 Å². The Morgan fingerprint density at radius 1 is 0.971 bits per heavy atom. The van der Waals surface area contributed by atoms with Gasteiger partial charge in [0.2, 0.25) is 5.89 Å². The minimum atomic E-state index is -0.608. The van der Waals surface area contributed by atoms with Crippen LogP contribution < -0.4 is 14.2 Å². The van der Waals surface area contributed by atoms with Gasteiger partial charge in [-0.05, 0) is 50.2 Å². The summed E-state index contributed by atoms with van der Waals surface area (Å²) in [5, 5.41) is 8.07. The summed E-state index contributed by atoms with van der Waals surface area (Å²) in [7, 11) is 4.72. The summed E-state index contributed by atoms with van der Waals surface area (Å²) >= 11 is 0. The molecular weight excluding hydrogens is 440 g/mol. The molecule has 176 valence electrons. The average molecular weight is 464 g/mol. The van der Waals surface area contributed by atoms with Gasteiger partial charge < -0.3 is 23.4 Å². The minimum absolute atomic E-state index is 0.0819. The van der Waals surface area contributed by atoms with E-state index < -0.39 is 5.97 Å². The summed E-state index contributed by atoms with van der Waals surface area (Å²) in [6, 6.07) is 12.6. The van der Waals surface area contributed by atoms with Crippen LogP contribution in [0.2, 0.25) is 0 Å². The fraction of sp³-hybridized carbons (Fsp3) is 0.250. The number of hydrogen-bond acceptors (Lipinski definition) is 9. The summed E-state index contributed by atoms with van der Waals surface area (Å²) in [6.07, 6.45) is 0. The molecule has 4 aromatic rings. The van der Waals surface area contributed by atoms with Crippen LogP contribution in [-0.2, 0) is 11.3 Å². The monoisotopic (exact) mass is 464 g/mol. The predicted molar refractivity (Wildman–Crippen MR) is 122 cm³/mol. The Hall–Kier alpha value is -4.34. The minimum Gasteiger partial charge on any atom is -0.497 e. The van der Waals surface area contributed by atoms with Crippen LogP contribution in [0.1, 0.15) is 27.6 Å². The maximum Gasteiger partial charge on any atom is 0.361 e. The molecule has 2 aromatic carbocycles. The zero-order chi connectivity index (χ0) is 24.2. The number of carbonyl (C=O) groups is 1. The second kappa shape index (κ2) is 9.65. The van der Waals surface area contributed by atoms with Gasteiger partial charge in [0.25, 0.3) is 0 Å². The van der Waals surface area contributed by atoms with Crippen molar-refractivity contribution < 1.29 is 28.2 Å². The van der Waals surface area contributed by atoms with Crippen LogP contribution in [0.5, 0.6) is 17.2 Å². The molecule has 10 nitrogen and oxygen atoms in total. The largest absolute Gasteiger partial charge is 0.497 e. The van der Waals surface area contributed by atoms with E-state index in [9.17, 15) is 4.79 Å². The van der Waals surface area contributed by atoms with E-state index in [4.69, 9.17) is 23.4 Å². The molecule has 0 radical (unpaired) electrons. The van der Waals surface area contributed by atoms with Crippen LogP contribution >= 0.6 is 0 Å². The fourth-order valence-corrected chi connectivity index (χ4v) is 3.34. The molecule has 0 bridgehead atoms. The molecule has 34 heavy (non-hydrogen) atoms. The summed E-state index contributed by atoms with van der Waals surface area (Å²) in [5.74, 6) is 2.19. The third-order valence-electron chi connectivity index (χ3n) is 5.28. The van der Waals surface area contributed by atoms with Gasteiger partial charge >= 0.3 is 5.97 Å². The van der Waals surface area contributed by atoms with Crippen molar-refractivity contribution in [3.63, 3.8) is 0 Å². The molecule has 0 aliphatic carbocycles. The number of aromatic nitrogens is 4. The molecule has 0 atom stereocenters. The Morgan fingerprint density at radius 2 is 1.68 bits per heavy atom. The lowest BCUT2D eigenvalue weighted by Gasteiger charge is -2.07. The summed E-state index contributed by atoms with van der Waals surface area (Å²) in [4.78, 5) is 17.2. The quantitative estimate of drug-likeness (QED) is 0.358. The van der Waals surface area contributed by atoms with E-state index in [1.165, 1.54) is 0 Å². The molecular formula is C24H24N4O6. The van der Waals surface area contributed by atoms with Crippen molar-refractivity contribution in [2.75, 3.05) is 21.3 Å². The van der Waals surface area contributed by atoms with Crippen molar-refractivity contribution in [3.8, 4) is 34.4 Å². The molecule has 2 aromatic heterocycles. The van der Waals surface area contributed by atoms with E-state index in [2.05, 4.69) is 15.3 Å². The molecule has 0 aliphatic heterocycles. The standard InChI is InChI=1S/C24H24N4O6/c1-14-22(26-27-28(14)16-6-8-17(30-3)9-7-16)24(29)33-13-20-15(2)34-23(25-20)19-11-10-18(31-4)12-21(19)32-5/h6-12H,13H2,1-5H3. The number of oxazole rings is 1. The summed E-state index contributed by atoms with van der Waals surface area (Å²) < 4.78 is 28.6. The van der Waals surface area contributed by atoms with E-state index in [-0.39, 0.29) is 12.3 Å². The van der Waals surface area contributed by atoms with Gasteiger partial charge in [0, 0.05) is 6.07 Å². The highest BCUT2D eigenvalue weighted by molar-refractivity contribution is 5.88. The van der Waals surface area contributed by atoms with Gasteiger partial charge in [-0.2, -0.15) is 0 Å². The predicted octanol–water partition coefficient (Wildman–Crippen LogP) is 3.92. The highest BCUT2D eigenvalue weighted by Crippen LogP contribution is 2.33. The van der Waals surface area contributed by atoms with E-state index in [0.717, 1.165) is 11.4 Å². The van der Waals surface area contributed by atoms with Crippen LogP contribution in [0.25, 0.3) is 17.1 Å². The number of nitrogens with zero attached hydrogens (tertiary/aromatic N) is 4. The molecule has 0 N–H and O–H groups in total. The normalized spacial score (nSPS) is 10.7. The number of carbonyl (C=O) groups excluding carboxylic acids is 1. The first-order chi connectivity index (χ1) is 16.4. The molecule has 0 unspecified atom stereocenters. The van der Waals surface area contributed by atoms with E-state index in [1.807, 2.05) is 12.1 Å². The van der Waals surface area contributed by atoms with Crippen LogP contribution in [0.15, 0.2) is 46.9 Å². The van der Waals surface area contributed by atoms with Gasteiger partial charge in [-0.1, -0.05) is 5.21 Å². The molecule has 0 aliphatic rings. The molecule has 4 rings (SSSR count). The highest BCUT2D eigenvalue weighted by Gasteiger charge is 2.21. The lowest BCUT2D eigenvalue weighted by molar-refractivity contribution is 0.0459. The number of hydrogen-bond donors (Lipinski definition) is 0. The van der Waals surface area contributed by atoms with Gasteiger partial charge in [-0.3, -0.25) is 0 Å². The van der Waals surface area contributed by atoms with E-state index in [0.29, 0.717) is 40.1 Å². The number of methoxy groups -OCH3 is 3. The van der Waals surface area contributed by atoms with Crippen LogP contribution in [0.3, 0.4) is 0 Å². The maximum absolute atomic E-state index is 12.7. The summed E-state index contributed by atoms with van der Waals surface area (Å²) in [5.41, 5.74) is 2.56. The molecule has 0 saturated carbocycles. The van der Waals surface area contributed by atoms with E-state index in [1.54, 1.807) is 70.2 Å². The Bertz CT molecular complexity index is 1310. The first kappa shape index (κ1) is 22.8. The molecule has 0 saturated heterocycles. The molecule has 0 fully saturated rings. The lowest BCUT2D eigenvalue weighted by atomic mass is 10.2. The second-order valence-electron chi connectivity index (χ2n) is 7.30. The smallest absolute Gasteiger partial charge is 0.361 e. The van der Waals surface area contributed by atoms with Crippen molar-refractivity contribution in [3.05, 3.63) is 65.3 Å². The van der Waals surface area contributed by atoms with Gasteiger partial charge in [0.05, 0.1) is 38.3 Å². The number of benzene rings is 2. The molecule has 0 amide bonds. The number of aryl methyl sites for hydroxylation is 1. The molecule has 2 heterocycles. The zero-order valence-corrected chi connectivity index (χ0v) is 19.5. The lowest BCUT2D eigenvalue weighted by Crippen LogP contribution is -2.09. The van der Waals surface area contributed by atoms with Crippen LogP contribution in [0.4, 0.5) is 0 Å². The Kier molecular flexibility index (Phi) is 6.48. The number of esters is 1. The Balaban J connectivity index is 1.49.